The first-order valence-electron chi connectivity index (χ1n) is 6.08. The van der Waals surface area contributed by atoms with Crippen LogP contribution in [-0.4, -0.2) is 16.6 Å². The zero-order valence-electron chi connectivity index (χ0n) is 10.6. The summed E-state index contributed by atoms with van der Waals surface area (Å²) in [4.78, 5) is 8.68. The molecule has 1 atom stereocenters. The number of nitrogens with one attached hydrogen (secondary N) is 1. The number of hydrogen-bond donors (Lipinski definition) is 1. The van der Waals surface area contributed by atoms with Crippen molar-refractivity contribution in [2.24, 2.45) is 0 Å². The Bertz CT molecular complexity index is 473. The molecule has 0 aromatic carbocycles. The minimum atomic E-state index is 0.180. The summed E-state index contributed by atoms with van der Waals surface area (Å²) in [6.07, 6.45) is 4.54. The predicted octanol–water partition coefficient (Wildman–Crippen LogP) is 3.50. The lowest BCUT2D eigenvalue weighted by molar-refractivity contribution is 0.340. The lowest BCUT2D eigenvalue weighted by Crippen LogP contribution is -2.11. The van der Waals surface area contributed by atoms with E-state index in [0.29, 0.717) is 6.61 Å². The fourth-order valence-corrected chi connectivity index (χ4v) is 2.45. The van der Waals surface area contributed by atoms with Gasteiger partial charge in [0.15, 0.2) is 11.6 Å². The van der Waals surface area contributed by atoms with Crippen molar-refractivity contribution in [1.29, 1.82) is 0 Å². The monoisotopic (exact) mass is 263 g/mol. The van der Waals surface area contributed by atoms with Gasteiger partial charge in [0.05, 0.1) is 12.6 Å². The van der Waals surface area contributed by atoms with Crippen LogP contribution in [0.1, 0.15) is 31.3 Å². The third-order valence-electron chi connectivity index (χ3n) is 2.54. The Balaban J connectivity index is 2.17. The second-order valence-electron chi connectivity index (χ2n) is 3.76. The molecule has 0 amide bonds. The molecule has 5 heteroatoms. The van der Waals surface area contributed by atoms with Gasteiger partial charge in [-0.3, -0.25) is 0 Å². The Morgan fingerprint density at radius 3 is 2.89 bits per heavy atom. The predicted molar refractivity (Wildman–Crippen MR) is 74.2 cm³/mol. The maximum absolute atomic E-state index is 5.56. The first-order chi connectivity index (χ1) is 8.85. The number of pyridine rings is 1. The van der Waals surface area contributed by atoms with Crippen LogP contribution in [0.2, 0.25) is 0 Å². The van der Waals surface area contributed by atoms with Crippen molar-refractivity contribution >= 4 is 17.2 Å². The van der Waals surface area contributed by atoms with E-state index in [1.807, 2.05) is 30.6 Å². The number of anilines is 1. The summed E-state index contributed by atoms with van der Waals surface area (Å²) in [6.45, 7) is 4.73. The number of nitrogens with zero attached hydrogens (tertiary/aromatic N) is 2. The average Bonchev–Trinajstić information content (AvgIpc) is 2.92. The Labute approximate surface area is 111 Å². The number of rotatable bonds is 6. The smallest absolute Gasteiger partial charge is 0.169 e. The third-order valence-corrected chi connectivity index (χ3v) is 3.43. The molecule has 1 N–H and O–H groups in total. The maximum Gasteiger partial charge on any atom is 0.169 e. The number of aromatic nitrogens is 2. The van der Waals surface area contributed by atoms with Gasteiger partial charge in [-0.25, -0.2) is 9.97 Å². The summed E-state index contributed by atoms with van der Waals surface area (Å²) < 4.78 is 5.56. The van der Waals surface area contributed by atoms with Gasteiger partial charge in [-0.15, -0.1) is 11.3 Å². The Morgan fingerprint density at radius 1 is 1.33 bits per heavy atom. The normalized spacial score (nSPS) is 12.1. The fraction of sp³-hybridized carbons (Fsp3) is 0.385. The first-order valence-corrected chi connectivity index (χ1v) is 6.96. The zero-order chi connectivity index (χ0) is 12.8. The van der Waals surface area contributed by atoms with Crippen LogP contribution in [0.25, 0.3) is 0 Å². The summed E-state index contributed by atoms with van der Waals surface area (Å²) in [6, 6.07) is 3.98. The molecule has 2 heterocycles. The molecular formula is C13H17N3OS. The Kier molecular flexibility index (Phi) is 4.52. The first kappa shape index (κ1) is 12.8. The van der Waals surface area contributed by atoms with E-state index in [1.165, 1.54) is 0 Å². The van der Waals surface area contributed by atoms with Crippen molar-refractivity contribution in [3.8, 4) is 5.75 Å². The lowest BCUT2D eigenvalue weighted by Gasteiger charge is -2.17. The highest BCUT2D eigenvalue weighted by Crippen LogP contribution is 2.28. The van der Waals surface area contributed by atoms with Crippen LogP contribution in [0.3, 0.4) is 0 Å². The van der Waals surface area contributed by atoms with Crippen molar-refractivity contribution in [3.05, 3.63) is 34.9 Å². The molecule has 18 heavy (non-hydrogen) atoms. The van der Waals surface area contributed by atoms with E-state index in [-0.39, 0.29) is 6.04 Å². The molecule has 0 bridgehead atoms. The highest BCUT2D eigenvalue weighted by atomic mass is 32.1. The van der Waals surface area contributed by atoms with Gasteiger partial charge in [0.1, 0.15) is 5.01 Å². The van der Waals surface area contributed by atoms with Crippen LogP contribution in [0.4, 0.5) is 5.82 Å². The molecule has 0 aliphatic heterocycles. The highest BCUT2D eigenvalue weighted by molar-refractivity contribution is 7.09. The van der Waals surface area contributed by atoms with Crippen LogP contribution < -0.4 is 10.1 Å². The van der Waals surface area contributed by atoms with E-state index in [2.05, 4.69) is 22.2 Å². The number of ether oxygens (including phenoxy) is 1. The zero-order valence-corrected chi connectivity index (χ0v) is 11.4. The van der Waals surface area contributed by atoms with E-state index in [4.69, 9.17) is 4.74 Å². The SMILES string of the molecule is CCOc1cccnc1NC(CC)c1nccs1. The van der Waals surface area contributed by atoms with Crippen LogP contribution in [0.5, 0.6) is 5.75 Å². The third kappa shape index (κ3) is 2.98. The summed E-state index contributed by atoms with van der Waals surface area (Å²) >= 11 is 1.65. The van der Waals surface area contributed by atoms with Crippen molar-refractivity contribution in [3.63, 3.8) is 0 Å². The minimum absolute atomic E-state index is 0.180. The van der Waals surface area contributed by atoms with Gasteiger partial charge < -0.3 is 10.1 Å². The lowest BCUT2D eigenvalue weighted by atomic mass is 10.2. The molecule has 0 aliphatic rings. The van der Waals surface area contributed by atoms with Crippen molar-refractivity contribution in [2.45, 2.75) is 26.3 Å². The molecule has 1 unspecified atom stereocenters. The molecule has 2 aromatic rings. The van der Waals surface area contributed by atoms with E-state index in [9.17, 15) is 0 Å². The topological polar surface area (TPSA) is 47.0 Å². The van der Waals surface area contributed by atoms with Crippen molar-refractivity contribution < 1.29 is 4.74 Å². The van der Waals surface area contributed by atoms with E-state index in [1.54, 1.807) is 17.5 Å². The molecule has 0 spiro atoms. The van der Waals surface area contributed by atoms with Gasteiger partial charge in [0, 0.05) is 17.8 Å². The number of thiazole rings is 1. The Morgan fingerprint density at radius 2 is 2.22 bits per heavy atom. The quantitative estimate of drug-likeness (QED) is 0.866. The second-order valence-corrected chi connectivity index (χ2v) is 4.68. The largest absolute Gasteiger partial charge is 0.490 e. The van der Waals surface area contributed by atoms with Gasteiger partial charge in [-0.05, 0) is 25.5 Å². The van der Waals surface area contributed by atoms with Crippen molar-refractivity contribution in [2.75, 3.05) is 11.9 Å². The molecule has 0 fully saturated rings. The standard InChI is InChI=1S/C13H17N3OS/c1-3-10(13-15-8-9-18-13)16-12-11(17-4-2)6-5-7-14-12/h5-10H,3-4H2,1-2H3,(H,14,16). The van der Waals surface area contributed by atoms with Gasteiger partial charge >= 0.3 is 0 Å². The second kappa shape index (κ2) is 6.35. The van der Waals surface area contributed by atoms with Crippen LogP contribution >= 0.6 is 11.3 Å². The average molecular weight is 263 g/mol. The molecule has 0 saturated carbocycles. The van der Waals surface area contributed by atoms with Crippen molar-refractivity contribution in [1.82, 2.24) is 9.97 Å². The summed E-state index contributed by atoms with van der Waals surface area (Å²) in [7, 11) is 0. The highest BCUT2D eigenvalue weighted by Gasteiger charge is 2.14. The summed E-state index contributed by atoms with van der Waals surface area (Å²) in [5.41, 5.74) is 0. The van der Waals surface area contributed by atoms with Gasteiger partial charge in [0.2, 0.25) is 0 Å². The summed E-state index contributed by atoms with van der Waals surface area (Å²) in [5.74, 6) is 1.57. The van der Waals surface area contributed by atoms with Gasteiger partial charge in [-0.2, -0.15) is 0 Å². The number of hydrogen-bond acceptors (Lipinski definition) is 5. The van der Waals surface area contributed by atoms with Crippen LogP contribution in [-0.2, 0) is 0 Å². The summed E-state index contributed by atoms with van der Waals surface area (Å²) in [5, 5.41) is 6.46. The van der Waals surface area contributed by atoms with Gasteiger partial charge in [0.25, 0.3) is 0 Å². The maximum atomic E-state index is 5.56. The molecule has 0 saturated heterocycles. The van der Waals surface area contributed by atoms with Crippen LogP contribution in [0, 0.1) is 0 Å². The molecule has 0 aliphatic carbocycles. The fourth-order valence-electron chi connectivity index (χ4n) is 1.68. The Hall–Kier alpha value is -1.62. The van der Waals surface area contributed by atoms with E-state index in [0.717, 1.165) is 23.0 Å². The molecule has 0 radical (unpaired) electrons. The van der Waals surface area contributed by atoms with Crippen LogP contribution in [0.15, 0.2) is 29.9 Å². The van der Waals surface area contributed by atoms with Gasteiger partial charge in [-0.1, -0.05) is 6.92 Å². The molecule has 2 aromatic heterocycles. The molecular weight excluding hydrogens is 246 g/mol. The molecule has 2 rings (SSSR count). The molecule has 4 nitrogen and oxygen atoms in total. The van der Waals surface area contributed by atoms with E-state index >= 15 is 0 Å². The molecule has 96 valence electrons. The van der Waals surface area contributed by atoms with E-state index < -0.39 is 0 Å². The minimum Gasteiger partial charge on any atom is -0.490 e.